The Bertz CT molecular complexity index is 1050. The average Bonchev–Trinajstić information content (AvgIpc) is 2.75. The van der Waals surface area contributed by atoms with Gasteiger partial charge in [-0.2, -0.15) is 8.42 Å². The Balaban J connectivity index is 2.29. The molecule has 188 valence electrons. The van der Waals surface area contributed by atoms with Gasteiger partial charge in [-0.25, -0.2) is 4.79 Å². The van der Waals surface area contributed by atoms with Crippen LogP contribution in [0.4, 0.5) is 4.79 Å². The van der Waals surface area contributed by atoms with Gasteiger partial charge in [-0.1, -0.05) is 17.7 Å². The zero-order chi connectivity index (χ0) is 25.5. The lowest BCUT2D eigenvalue weighted by Gasteiger charge is -2.24. The van der Waals surface area contributed by atoms with Crippen LogP contribution >= 0.6 is 0 Å². The molecule has 0 heterocycles. The molecular formula is C24H33NO8S. The van der Waals surface area contributed by atoms with Crippen LogP contribution in [0.5, 0.6) is 17.2 Å². The summed E-state index contributed by atoms with van der Waals surface area (Å²) >= 11 is 0. The number of nitrogens with one attached hydrogen (secondary N) is 1. The zero-order valence-electron chi connectivity index (χ0n) is 20.6. The highest BCUT2D eigenvalue weighted by Gasteiger charge is 2.24. The zero-order valence-corrected chi connectivity index (χ0v) is 21.4. The van der Waals surface area contributed by atoms with E-state index in [1.165, 1.54) is 33.5 Å². The summed E-state index contributed by atoms with van der Waals surface area (Å²) in [6.45, 7) is 6.75. The second-order valence-electron chi connectivity index (χ2n) is 8.63. The van der Waals surface area contributed by atoms with Gasteiger partial charge in [-0.3, -0.25) is 4.18 Å². The van der Waals surface area contributed by atoms with Crippen LogP contribution in [-0.4, -0.2) is 54.1 Å². The van der Waals surface area contributed by atoms with Crippen molar-refractivity contribution in [2.24, 2.45) is 0 Å². The molecule has 9 nitrogen and oxygen atoms in total. The highest BCUT2D eigenvalue weighted by Crippen LogP contribution is 2.38. The molecule has 2 rings (SSSR count). The summed E-state index contributed by atoms with van der Waals surface area (Å²) in [5.74, 6) is 1.28. The number of amides is 1. The number of hydrogen-bond donors (Lipinski definition) is 1. The number of benzene rings is 2. The molecule has 0 saturated heterocycles. The molecule has 1 unspecified atom stereocenters. The Morgan fingerprint density at radius 2 is 1.53 bits per heavy atom. The molecule has 0 aromatic heterocycles. The third kappa shape index (κ3) is 7.81. The molecule has 34 heavy (non-hydrogen) atoms. The number of ether oxygens (including phenoxy) is 4. The number of alkyl carbamates (subject to hydrolysis) is 1. The number of rotatable bonds is 10. The lowest BCUT2D eigenvalue weighted by molar-refractivity contribution is 0.0488. The third-order valence-corrected chi connectivity index (χ3v) is 5.96. The average molecular weight is 496 g/mol. The lowest BCUT2D eigenvalue weighted by atomic mass is 10.1. The van der Waals surface area contributed by atoms with Crippen LogP contribution in [0.15, 0.2) is 41.3 Å². The van der Waals surface area contributed by atoms with Crippen LogP contribution in [0.25, 0.3) is 0 Å². The molecule has 10 heteroatoms. The molecule has 0 radical (unpaired) electrons. The second kappa shape index (κ2) is 11.4. The predicted molar refractivity (Wildman–Crippen MR) is 127 cm³/mol. The van der Waals surface area contributed by atoms with Crippen molar-refractivity contribution in [3.05, 3.63) is 47.5 Å². The van der Waals surface area contributed by atoms with Crippen molar-refractivity contribution < 1.29 is 36.3 Å². The quantitative estimate of drug-likeness (QED) is 0.495. The minimum atomic E-state index is -4.03. The van der Waals surface area contributed by atoms with E-state index in [1.54, 1.807) is 45.0 Å². The molecule has 0 aliphatic heterocycles. The van der Waals surface area contributed by atoms with Crippen LogP contribution in [0.1, 0.15) is 31.9 Å². The predicted octanol–water partition coefficient (Wildman–Crippen LogP) is 3.86. The van der Waals surface area contributed by atoms with Crippen LogP contribution < -0.4 is 19.5 Å². The molecule has 1 atom stereocenters. The van der Waals surface area contributed by atoms with Crippen LogP contribution in [0.3, 0.4) is 0 Å². The fourth-order valence-corrected chi connectivity index (χ4v) is 4.06. The fraction of sp³-hybridized carbons (Fsp3) is 0.458. The Morgan fingerprint density at radius 1 is 0.971 bits per heavy atom. The molecule has 0 bridgehead atoms. The minimum Gasteiger partial charge on any atom is -0.493 e. The Hall–Kier alpha value is -2.98. The van der Waals surface area contributed by atoms with Gasteiger partial charge in [0.25, 0.3) is 10.1 Å². The first kappa shape index (κ1) is 27.3. The summed E-state index contributed by atoms with van der Waals surface area (Å²) in [5, 5.41) is 2.70. The van der Waals surface area contributed by atoms with Crippen LogP contribution in [0.2, 0.25) is 0 Å². The van der Waals surface area contributed by atoms with E-state index in [9.17, 15) is 13.2 Å². The fourth-order valence-electron chi connectivity index (χ4n) is 3.11. The maximum absolute atomic E-state index is 12.7. The van der Waals surface area contributed by atoms with E-state index in [-0.39, 0.29) is 17.9 Å². The van der Waals surface area contributed by atoms with Crippen LogP contribution in [-0.2, 0) is 25.5 Å². The van der Waals surface area contributed by atoms with Crippen molar-refractivity contribution in [2.75, 3.05) is 27.9 Å². The van der Waals surface area contributed by atoms with Gasteiger partial charge in [0.2, 0.25) is 5.75 Å². The minimum absolute atomic E-state index is 0.0295. The number of aryl methyl sites for hydroxylation is 1. The van der Waals surface area contributed by atoms with Crippen molar-refractivity contribution >= 4 is 16.2 Å². The smallest absolute Gasteiger partial charge is 0.407 e. The van der Waals surface area contributed by atoms with Crippen molar-refractivity contribution in [1.82, 2.24) is 5.32 Å². The number of carbonyl (C=O) groups is 1. The van der Waals surface area contributed by atoms with Crippen molar-refractivity contribution in [1.29, 1.82) is 0 Å². The molecule has 0 spiro atoms. The van der Waals surface area contributed by atoms with Gasteiger partial charge in [0.05, 0.1) is 38.9 Å². The Morgan fingerprint density at radius 3 is 2.00 bits per heavy atom. The molecule has 0 saturated carbocycles. The molecule has 0 aliphatic rings. The Kier molecular flexibility index (Phi) is 9.17. The Labute approximate surface area is 201 Å². The van der Waals surface area contributed by atoms with E-state index in [2.05, 4.69) is 5.32 Å². The van der Waals surface area contributed by atoms with E-state index >= 15 is 0 Å². The SMILES string of the molecule is COc1cc(CC(COS(=O)(=O)c2ccc(C)cc2)NC(=O)OC(C)(C)C)cc(OC)c1OC. The van der Waals surface area contributed by atoms with Crippen molar-refractivity contribution in [2.45, 2.75) is 50.7 Å². The summed E-state index contributed by atoms with van der Waals surface area (Å²) in [7, 11) is 0.453. The van der Waals surface area contributed by atoms with Gasteiger partial charge < -0.3 is 24.3 Å². The van der Waals surface area contributed by atoms with Crippen molar-refractivity contribution in [3.8, 4) is 17.2 Å². The normalized spacial score (nSPS) is 12.6. The standard InChI is InChI=1S/C24H33NO8S/c1-16-8-10-19(11-9-16)34(27,28)32-15-18(25-23(26)33-24(2,3)4)12-17-13-20(29-5)22(31-7)21(14-17)30-6/h8-11,13-14,18H,12,15H2,1-7H3,(H,25,26). The van der Waals surface area contributed by atoms with E-state index in [1.807, 2.05) is 6.92 Å². The van der Waals surface area contributed by atoms with Gasteiger partial charge >= 0.3 is 6.09 Å². The van der Waals surface area contributed by atoms with Crippen LogP contribution in [0, 0.1) is 6.92 Å². The maximum atomic E-state index is 12.7. The van der Waals surface area contributed by atoms with E-state index in [4.69, 9.17) is 23.1 Å². The van der Waals surface area contributed by atoms with E-state index in [0.29, 0.717) is 22.8 Å². The van der Waals surface area contributed by atoms with Crippen molar-refractivity contribution in [3.63, 3.8) is 0 Å². The third-order valence-electron chi connectivity index (χ3n) is 4.66. The summed E-state index contributed by atoms with van der Waals surface area (Å²) in [5.41, 5.74) is 0.897. The van der Waals surface area contributed by atoms with Gasteiger partial charge in [-0.05, 0) is 63.9 Å². The number of hydrogen-bond acceptors (Lipinski definition) is 8. The topological polar surface area (TPSA) is 109 Å². The molecule has 0 fully saturated rings. The lowest BCUT2D eigenvalue weighted by Crippen LogP contribution is -2.43. The molecule has 2 aromatic carbocycles. The molecule has 2 aromatic rings. The summed E-state index contributed by atoms with van der Waals surface area (Å²) in [6, 6.07) is 9.02. The summed E-state index contributed by atoms with van der Waals surface area (Å²) < 4.78 is 52.1. The maximum Gasteiger partial charge on any atom is 0.407 e. The molecule has 1 amide bonds. The van der Waals surface area contributed by atoms with E-state index < -0.39 is 27.9 Å². The van der Waals surface area contributed by atoms with E-state index in [0.717, 1.165) is 5.56 Å². The number of carbonyl (C=O) groups excluding carboxylic acids is 1. The highest BCUT2D eigenvalue weighted by molar-refractivity contribution is 7.86. The highest BCUT2D eigenvalue weighted by atomic mass is 32.2. The molecule has 1 N–H and O–H groups in total. The van der Waals surface area contributed by atoms with Gasteiger partial charge in [0.15, 0.2) is 11.5 Å². The first-order chi connectivity index (χ1) is 15.9. The monoisotopic (exact) mass is 495 g/mol. The first-order valence-electron chi connectivity index (χ1n) is 10.6. The summed E-state index contributed by atoms with van der Waals surface area (Å²) in [6.07, 6.45) is -0.486. The number of methoxy groups -OCH3 is 3. The first-order valence-corrected chi connectivity index (χ1v) is 12.0. The molecule has 0 aliphatic carbocycles. The van der Waals surface area contributed by atoms with Gasteiger partial charge in [-0.15, -0.1) is 0 Å². The van der Waals surface area contributed by atoms with Gasteiger partial charge in [0.1, 0.15) is 5.60 Å². The largest absolute Gasteiger partial charge is 0.493 e. The molecular weight excluding hydrogens is 462 g/mol. The van der Waals surface area contributed by atoms with Gasteiger partial charge in [0, 0.05) is 0 Å². The summed E-state index contributed by atoms with van der Waals surface area (Å²) in [4.78, 5) is 12.5. The second-order valence-corrected chi connectivity index (χ2v) is 10.2.